The molecule has 0 aliphatic heterocycles. The van der Waals surface area contributed by atoms with Gasteiger partial charge in [-0.3, -0.25) is 4.79 Å². The normalized spacial score (nSPS) is 22.5. The number of ketones is 1. The van der Waals surface area contributed by atoms with Crippen molar-refractivity contribution in [2.75, 3.05) is 0 Å². The van der Waals surface area contributed by atoms with E-state index in [0.717, 1.165) is 5.56 Å². The number of carbonyl (C=O) groups is 1. The second-order valence-electron chi connectivity index (χ2n) is 5.48. The lowest BCUT2D eigenvalue weighted by Crippen LogP contribution is -2.38. The Labute approximate surface area is 157 Å². The molecule has 0 N–H and O–H groups in total. The maximum absolute atomic E-state index is 12.6. The van der Waals surface area contributed by atoms with Crippen molar-refractivity contribution in [1.29, 1.82) is 0 Å². The molecule has 4 nitrogen and oxygen atoms in total. The largest absolute Gasteiger partial charge is 0.293 e. The summed E-state index contributed by atoms with van der Waals surface area (Å²) in [5.74, 6) is -0.0980. The fraction of sp³-hybridized carbons (Fsp3) is 0.176. The minimum absolute atomic E-state index is 0.0980. The zero-order chi connectivity index (χ0) is 17.5. The first-order valence-corrected chi connectivity index (χ1v) is 10.4. The number of Topliss-reactive ketones (excluding diaryl/α,β-unsaturated/α-hetero) is 1. The van der Waals surface area contributed by atoms with Gasteiger partial charge in [-0.25, -0.2) is 0 Å². The van der Waals surface area contributed by atoms with E-state index in [4.69, 9.17) is 0 Å². The number of nitrogens with zero attached hydrogens (tertiary/aromatic N) is 1. The molecule has 124 valence electrons. The first-order chi connectivity index (χ1) is 11.3. The topological polar surface area (TPSA) is 63.6 Å². The van der Waals surface area contributed by atoms with E-state index >= 15 is 0 Å². The van der Waals surface area contributed by atoms with Gasteiger partial charge in [0.25, 0.3) is 10.0 Å². The molecule has 2 aromatic rings. The molecule has 0 heterocycles. The molecule has 0 spiro atoms. The summed E-state index contributed by atoms with van der Waals surface area (Å²) < 4.78 is 29.3. The smallest absolute Gasteiger partial charge is 0.282 e. The molecule has 2 aromatic carbocycles. The molecule has 0 bridgehead atoms. The van der Waals surface area contributed by atoms with Gasteiger partial charge in [0.2, 0.25) is 0 Å². The van der Waals surface area contributed by atoms with E-state index in [-0.39, 0.29) is 10.7 Å². The van der Waals surface area contributed by atoms with Gasteiger partial charge in [0.15, 0.2) is 5.78 Å². The van der Waals surface area contributed by atoms with Crippen LogP contribution in [0.25, 0.3) is 0 Å². The lowest BCUT2D eigenvalue weighted by Gasteiger charge is -2.25. The highest BCUT2D eigenvalue weighted by Gasteiger charge is 2.38. The Bertz CT molecular complexity index is 937. The predicted octanol–water partition coefficient (Wildman–Crippen LogP) is 3.90. The molecule has 0 saturated heterocycles. The van der Waals surface area contributed by atoms with Crippen molar-refractivity contribution < 1.29 is 13.2 Å². The van der Waals surface area contributed by atoms with Gasteiger partial charge in [0, 0.05) is 11.1 Å². The highest BCUT2D eigenvalue weighted by atomic mass is 79.9. The number of carbonyl (C=O) groups excluding carboxylic acids is 1. The Morgan fingerprint density at radius 1 is 0.917 bits per heavy atom. The van der Waals surface area contributed by atoms with E-state index in [2.05, 4.69) is 36.3 Å². The lowest BCUT2D eigenvalue weighted by molar-refractivity contribution is 0.0992. The summed E-state index contributed by atoms with van der Waals surface area (Å²) in [4.78, 5) is 11.4. The Morgan fingerprint density at radius 3 is 2.12 bits per heavy atom. The van der Waals surface area contributed by atoms with Crippen LogP contribution in [0, 0.1) is 6.92 Å². The Kier molecular flexibility index (Phi) is 4.77. The maximum atomic E-state index is 12.6. The van der Waals surface area contributed by atoms with Gasteiger partial charge in [-0.15, -0.1) is 0 Å². The minimum Gasteiger partial charge on any atom is -0.293 e. The summed E-state index contributed by atoms with van der Waals surface area (Å²) in [5.41, 5.74) is 2.30. The first-order valence-electron chi connectivity index (χ1n) is 7.14. The van der Waals surface area contributed by atoms with Gasteiger partial charge in [0.1, 0.15) is 0 Å². The van der Waals surface area contributed by atoms with E-state index in [1.165, 1.54) is 12.1 Å². The molecule has 0 amide bonds. The van der Waals surface area contributed by atoms with Crippen LogP contribution < -0.4 is 0 Å². The summed E-state index contributed by atoms with van der Waals surface area (Å²) in [5, 5.41) is 0. The first kappa shape index (κ1) is 17.5. The fourth-order valence-corrected chi connectivity index (χ4v) is 4.76. The van der Waals surface area contributed by atoms with Crippen LogP contribution in [0.5, 0.6) is 0 Å². The molecule has 1 aliphatic rings. The molecule has 0 radical (unpaired) electrons. The van der Waals surface area contributed by atoms with Crippen LogP contribution in [0.4, 0.5) is 0 Å². The van der Waals surface area contributed by atoms with Crippen molar-refractivity contribution in [3.05, 3.63) is 65.2 Å². The van der Waals surface area contributed by atoms with E-state index in [1.807, 2.05) is 6.92 Å². The van der Waals surface area contributed by atoms with Crippen molar-refractivity contribution in [1.82, 2.24) is 0 Å². The summed E-state index contributed by atoms with van der Waals surface area (Å²) >= 11 is 6.73. The van der Waals surface area contributed by atoms with Crippen LogP contribution in [0.1, 0.15) is 21.5 Å². The number of sulfonamides is 1. The van der Waals surface area contributed by atoms with Crippen LogP contribution in [0.2, 0.25) is 0 Å². The van der Waals surface area contributed by atoms with Crippen molar-refractivity contribution in [3.8, 4) is 0 Å². The van der Waals surface area contributed by atoms with Gasteiger partial charge in [-0.1, -0.05) is 73.8 Å². The van der Waals surface area contributed by atoms with Crippen molar-refractivity contribution in [2.24, 2.45) is 4.40 Å². The molecule has 0 fully saturated rings. The molecule has 2 unspecified atom stereocenters. The van der Waals surface area contributed by atoms with Crippen molar-refractivity contribution >= 4 is 53.4 Å². The molecule has 24 heavy (non-hydrogen) atoms. The molecule has 0 saturated carbocycles. The Hall–Kier alpha value is -1.31. The Balaban J connectivity index is 2.16. The van der Waals surface area contributed by atoms with Gasteiger partial charge in [0.05, 0.1) is 20.3 Å². The van der Waals surface area contributed by atoms with Crippen LogP contribution in [-0.2, 0) is 10.0 Å². The number of fused-ring (bicyclic) bond motifs is 1. The number of halogens is 2. The Morgan fingerprint density at radius 2 is 1.50 bits per heavy atom. The summed E-state index contributed by atoms with van der Waals surface area (Å²) in [6, 6.07) is 13.4. The fourth-order valence-electron chi connectivity index (χ4n) is 2.48. The third-order valence-electron chi connectivity index (χ3n) is 3.77. The van der Waals surface area contributed by atoms with Crippen LogP contribution in [-0.4, -0.2) is 29.6 Å². The maximum Gasteiger partial charge on any atom is 0.282 e. The minimum atomic E-state index is -3.87. The highest BCUT2D eigenvalue weighted by Crippen LogP contribution is 2.32. The number of benzene rings is 2. The third kappa shape index (κ3) is 3.12. The van der Waals surface area contributed by atoms with Crippen LogP contribution in [0.3, 0.4) is 0 Å². The predicted molar refractivity (Wildman–Crippen MR) is 101 cm³/mol. The number of rotatable bonds is 2. The average molecular weight is 471 g/mol. The third-order valence-corrected chi connectivity index (χ3v) is 7.70. The average Bonchev–Trinajstić information content (AvgIpc) is 2.57. The van der Waals surface area contributed by atoms with Crippen molar-refractivity contribution in [2.45, 2.75) is 21.5 Å². The molecule has 0 aromatic heterocycles. The van der Waals surface area contributed by atoms with E-state index in [0.29, 0.717) is 16.8 Å². The standard InChI is InChI=1S/C17H13Br2NO3S/c1-10-6-8-11(9-7-10)24(22,23)20-16-12-4-2-3-5-13(12)17(21)15(19)14(16)18/h2-9,14-15H,1H3. The second-order valence-corrected chi connectivity index (χ2v) is 9.06. The van der Waals surface area contributed by atoms with Gasteiger partial charge in [-0.2, -0.15) is 12.8 Å². The van der Waals surface area contributed by atoms with E-state index < -0.39 is 19.7 Å². The van der Waals surface area contributed by atoms with E-state index in [9.17, 15) is 13.2 Å². The lowest BCUT2D eigenvalue weighted by atomic mass is 9.89. The van der Waals surface area contributed by atoms with Crippen LogP contribution >= 0.6 is 31.9 Å². The van der Waals surface area contributed by atoms with Crippen molar-refractivity contribution in [3.63, 3.8) is 0 Å². The highest BCUT2D eigenvalue weighted by molar-refractivity contribution is 9.12. The number of hydrogen-bond donors (Lipinski definition) is 0. The molecule has 1 aliphatic carbocycles. The van der Waals surface area contributed by atoms with Crippen LogP contribution in [0.15, 0.2) is 57.8 Å². The number of hydrogen-bond acceptors (Lipinski definition) is 3. The number of aryl methyl sites for hydroxylation is 1. The zero-order valence-electron chi connectivity index (χ0n) is 12.6. The van der Waals surface area contributed by atoms with Gasteiger partial charge >= 0.3 is 0 Å². The molecule has 3 rings (SSSR count). The monoisotopic (exact) mass is 469 g/mol. The second kappa shape index (κ2) is 6.54. The molecule has 2 atom stereocenters. The molecule has 7 heteroatoms. The summed E-state index contributed by atoms with van der Waals surface area (Å²) in [6.07, 6.45) is 0. The number of alkyl halides is 2. The van der Waals surface area contributed by atoms with Gasteiger partial charge in [-0.05, 0) is 19.1 Å². The van der Waals surface area contributed by atoms with Gasteiger partial charge < -0.3 is 0 Å². The quantitative estimate of drug-likeness (QED) is 0.625. The summed E-state index contributed by atoms with van der Waals surface area (Å²) in [6.45, 7) is 1.88. The summed E-state index contributed by atoms with van der Waals surface area (Å²) in [7, 11) is -3.87. The molecular formula is C17H13Br2NO3S. The molecular weight excluding hydrogens is 458 g/mol. The van der Waals surface area contributed by atoms with E-state index in [1.54, 1.807) is 36.4 Å². The zero-order valence-corrected chi connectivity index (χ0v) is 16.6. The SMILES string of the molecule is Cc1ccc(S(=O)(=O)N=C2c3ccccc3C(=O)C(Br)C2Br)cc1.